The molecule has 0 aliphatic heterocycles. The summed E-state index contributed by atoms with van der Waals surface area (Å²) in [6.45, 7) is 0. The molecule has 26 heavy (non-hydrogen) atoms. The topological polar surface area (TPSA) is 125 Å². The molecule has 2 aromatic carbocycles. The number of benzene rings is 2. The fraction of sp³-hybridized carbons (Fsp3) is 0.125. The van der Waals surface area contributed by atoms with Crippen LogP contribution in [-0.2, 0) is 19.5 Å². The molecule has 0 bridgehead atoms. The fourth-order valence-electron chi connectivity index (χ4n) is 2.09. The second-order valence-electron chi connectivity index (χ2n) is 5.08. The quantitative estimate of drug-likeness (QED) is 0.584. The van der Waals surface area contributed by atoms with Crippen LogP contribution in [0, 0.1) is 0 Å². The van der Waals surface area contributed by atoms with Crippen LogP contribution in [0.25, 0.3) is 0 Å². The predicted molar refractivity (Wildman–Crippen MR) is 95.8 cm³/mol. The van der Waals surface area contributed by atoms with Gasteiger partial charge in [-0.1, -0.05) is 11.6 Å². The van der Waals surface area contributed by atoms with Crippen molar-refractivity contribution in [2.45, 2.75) is 4.90 Å². The summed E-state index contributed by atoms with van der Waals surface area (Å²) in [5, 5.41) is -0.0380. The first-order chi connectivity index (χ1) is 12.2. The van der Waals surface area contributed by atoms with E-state index in [1.165, 1.54) is 36.4 Å². The lowest BCUT2D eigenvalue weighted by atomic mass is 10.1. The van der Waals surface area contributed by atoms with Crippen molar-refractivity contribution < 1.29 is 27.5 Å². The Balaban J connectivity index is 2.52. The van der Waals surface area contributed by atoms with Gasteiger partial charge in [-0.15, -0.1) is 0 Å². The van der Waals surface area contributed by atoms with E-state index in [9.17, 15) is 18.0 Å². The van der Waals surface area contributed by atoms with Crippen LogP contribution in [0.2, 0.25) is 5.02 Å². The van der Waals surface area contributed by atoms with Gasteiger partial charge in [-0.25, -0.2) is 18.0 Å². The van der Waals surface area contributed by atoms with Gasteiger partial charge in [0.2, 0.25) is 0 Å². The maximum Gasteiger partial charge on any atom is 0.337 e. The third-order valence-electron chi connectivity index (χ3n) is 3.27. The summed E-state index contributed by atoms with van der Waals surface area (Å²) in [6.07, 6.45) is 0. The van der Waals surface area contributed by atoms with Gasteiger partial charge in [0.05, 0.1) is 36.1 Å². The lowest BCUT2D eigenvalue weighted by Crippen LogP contribution is -2.15. The van der Waals surface area contributed by atoms with E-state index < -0.39 is 22.0 Å². The molecule has 0 aliphatic carbocycles. The van der Waals surface area contributed by atoms with Crippen molar-refractivity contribution in [2.24, 2.45) is 0 Å². The first-order valence-electron chi connectivity index (χ1n) is 7.07. The second kappa shape index (κ2) is 7.63. The molecule has 0 saturated carbocycles. The molecule has 0 saturated heterocycles. The molecular weight excluding hydrogens is 384 g/mol. The van der Waals surface area contributed by atoms with Gasteiger partial charge in [0.1, 0.15) is 4.90 Å². The zero-order valence-corrected chi connectivity index (χ0v) is 15.3. The van der Waals surface area contributed by atoms with Gasteiger partial charge < -0.3 is 15.2 Å². The number of anilines is 2. The minimum atomic E-state index is -4.13. The number of esters is 2. The molecule has 0 amide bonds. The van der Waals surface area contributed by atoms with Gasteiger partial charge >= 0.3 is 11.9 Å². The summed E-state index contributed by atoms with van der Waals surface area (Å²) in [5.74, 6) is -1.50. The van der Waals surface area contributed by atoms with Crippen LogP contribution in [0.3, 0.4) is 0 Å². The lowest BCUT2D eigenvalue weighted by molar-refractivity contribution is 0.0599. The van der Waals surface area contributed by atoms with E-state index >= 15 is 0 Å². The first kappa shape index (κ1) is 19.5. The predicted octanol–water partition coefficient (Wildman–Crippen LogP) is 2.30. The minimum absolute atomic E-state index is 0.0354. The summed E-state index contributed by atoms with van der Waals surface area (Å²) in [7, 11) is -1.82. The van der Waals surface area contributed by atoms with Crippen molar-refractivity contribution in [3.8, 4) is 0 Å². The highest BCUT2D eigenvalue weighted by molar-refractivity contribution is 7.92. The van der Waals surface area contributed by atoms with E-state index in [1.54, 1.807) is 0 Å². The van der Waals surface area contributed by atoms with Crippen molar-refractivity contribution in [1.82, 2.24) is 0 Å². The van der Waals surface area contributed by atoms with Crippen LogP contribution in [-0.4, -0.2) is 34.6 Å². The number of hydrogen-bond donors (Lipinski definition) is 2. The molecule has 3 N–H and O–H groups in total. The van der Waals surface area contributed by atoms with E-state index in [-0.39, 0.29) is 32.4 Å². The molecule has 0 heterocycles. The van der Waals surface area contributed by atoms with E-state index in [0.29, 0.717) is 0 Å². The summed E-state index contributed by atoms with van der Waals surface area (Å²) in [6, 6.07) is 7.65. The summed E-state index contributed by atoms with van der Waals surface area (Å²) < 4.78 is 36.6. The average molecular weight is 399 g/mol. The Kier molecular flexibility index (Phi) is 5.73. The zero-order chi connectivity index (χ0) is 19.5. The van der Waals surface area contributed by atoms with Crippen molar-refractivity contribution in [2.75, 3.05) is 24.7 Å². The number of carbonyl (C=O) groups is 2. The minimum Gasteiger partial charge on any atom is -0.465 e. The Labute approximate surface area is 154 Å². The molecule has 0 spiro atoms. The molecule has 2 rings (SSSR count). The number of rotatable bonds is 5. The lowest BCUT2D eigenvalue weighted by Gasteiger charge is -2.12. The monoisotopic (exact) mass is 398 g/mol. The van der Waals surface area contributed by atoms with Gasteiger partial charge in [-0.05, 0) is 36.4 Å². The smallest absolute Gasteiger partial charge is 0.337 e. The number of methoxy groups -OCH3 is 2. The number of nitrogens with two attached hydrogens (primary N) is 1. The van der Waals surface area contributed by atoms with Crippen molar-refractivity contribution in [3.63, 3.8) is 0 Å². The number of hydrogen-bond acceptors (Lipinski definition) is 7. The van der Waals surface area contributed by atoms with Crippen molar-refractivity contribution in [3.05, 3.63) is 52.5 Å². The number of nitrogen functional groups attached to an aromatic ring is 1. The van der Waals surface area contributed by atoms with Gasteiger partial charge in [0, 0.05) is 5.69 Å². The van der Waals surface area contributed by atoms with E-state index in [1.807, 2.05) is 0 Å². The third kappa shape index (κ3) is 4.24. The molecule has 0 radical (unpaired) electrons. The molecule has 8 nitrogen and oxygen atoms in total. The largest absolute Gasteiger partial charge is 0.465 e. The van der Waals surface area contributed by atoms with Crippen molar-refractivity contribution >= 4 is 44.9 Å². The molecular formula is C16H15ClN2O6S. The maximum atomic E-state index is 12.6. The molecule has 10 heteroatoms. The Morgan fingerprint density at radius 2 is 1.54 bits per heavy atom. The zero-order valence-electron chi connectivity index (χ0n) is 13.8. The number of ether oxygens (including phenoxy) is 2. The summed E-state index contributed by atoms with van der Waals surface area (Å²) >= 11 is 5.93. The first-order valence-corrected chi connectivity index (χ1v) is 8.93. The standard InChI is InChI=1S/C16H15ClN2O6S/c1-24-15(20)9-5-10(16(21)25-2)7-12(6-9)19-26(22,23)14-8-11(18)3-4-13(14)17/h3-8,19H,18H2,1-2H3. The van der Waals surface area contributed by atoms with Crippen LogP contribution in [0.4, 0.5) is 11.4 Å². The molecule has 0 fully saturated rings. The number of nitrogens with one attached hydrogen (secondary N) is 1. The van der Waals surface area contributed by atoms with E-state index in [4.69, 9.17) is 17.3 Å². The highest BCUT2D eigenvalue weighted by Gasteiger charge is 2.21. The second-order valence-corrected chi connectivity index (χ2v) is 7.14. The summed E-state index contributed by atoms with van der Waals surface area (Å²) in [4.78, 5) is 23.3. The number of halogens is 1. The van der Waals surface area contributed by atoms with E-state index in [2.05, 4.69) is 14.2 Å². The highest BCUT2D eigenvalue weighted by Crippen LogP contribution is 2.27. The van der Waals surface area contributed by atoms with Crippen LogP contribution in [0.15, 0.2) is 41.3 Å². The van der Waals surface area contributed by atoms with Crippen LogP contribution < -0.4 is 10.5 Å². The fourth-order valence-corrected chi connectivity index (χ4v) is 3.67. The molecule has 0 aliphatic rings. The molecule has 2 aromatic rings. The number of sulfonamides is 1. The van der Waals surface area contributed by atoms with Crippen molar-refractivity contribution in [1.29, 1.82) is 0 Å². The number of carbonyl (C=O) groups excluding carboxylic acids is 2. The Morgan fingerprint density at radius 3 is 2.04 bits per heavy atom. The summed E-state index contributed by atoms with van der Waals surface area (Å²) in [5.41, 5.74) is 5.69. The van der Waals surface area contributed by atoms with Crippen LogP contribution in [0.1, 0.15) is 20.7 Å². The third-order valence-corrected chi connectivity index (χ3v) is 5.14. The SMILES string of the molecule is COC(=O)c1cc(NS(=O)(=O)c2cc(N)ccc2Cl)cc(C(=O)OC)c1. The van der Waals surface area contributed by atoms with Gasteiger partial charge in [-0.3, -0.25) is 4.72 Å². The van der Waals surface area contributed by atoms with Gasteiger partial charge in [0.15, 0.2) is 0 Å². The molecule has 0 atom stereocenters. The Hall–Kier alpha value is -2.78. The van der Waals surface area contributed by atoms with Crippen LogP contribution >= 0.6 is 11.6 Å². The highest BCUT2D eigenvalue weighted by atomic mass is 35.5. The Bertz CT molecular complexity index is 940. The van der Waals surface area contributed by atoms with Gasteiger partial charge in [-0.2, -0.15) is 0 Å². The van der Waals surface area contributed by atoms with E-state index in [0.717, 1.165) is 14.2 Å². The molecule has 0 aromatic heterocycles. The maximum absolute atomic E-state index is 12.6. The molecule has 0 unspecified atom stereocenters. The average Bonchev–Trinajstić information content (AvgIpc) is 2.61. The van der Waals surface area contributed by atoms with Gasteiger partial charge in [0.25, 0.3) is 10.0 Å². The van der Waals surface area contributed by atoms with Crippen LogP contribution in [0.5, 0.6) is 0 Å². The Morgan fingerprint density at radius 1 is 1.00 bits per heavy atom. The normalized spacial score (nSPS) is 10.9. The molecule has 138 valence electrons.